The Kier molecular flexibility index (Phi) is 2.54. The molecule has 17 heavy (non-hydrogen) atoms. The van der Waals surface area contributed by atoms with Crippen molar-refractivity contribution in [2.45, 2.75) is 31.2 Å². The number of hydrogen-bond acceptors (Lipinski definition) is 3. The van der Waals surface area contributed by atoms with Crippen molar-refractivity contribution in [3.05, 3.63) is 34.3 Å². The number of hydrogen-bond donors (Lipinski definition) is 0. The highest BCUT2D eigenvalue weighted by Gasteiger charge is 2.47. The molecule has 0 aromatic heterocycles. The molecule has 0 radical (unpaired) electrons. The van der Waals surface area contributed by atoms with Crippen LogP contribution >= 0.6 is 15.9 Å². The maximum atomic E-state index is 11.9. The van der Waals surface area contributed by atoms with Gasteiger partial charge in [0, 0.05) is 10.0 Å². The summed E-state index contributed by atoms with van der Waals surface area (Å²) in [5.74, 6) is 0.303. The largest absolute Gasteiger partial charge is 0.405 e. The van der Waals surface area contributed by atoms with Crippen LogP contribution in [0.3, 0.4) is 0 Å². The van der Waals surface area contributed by atoms with E-state index in [2.05, 4.69) is 20.9 Å². The fourth-order valence-corrected chi connectivity index (χ4v) is 2.70. The summed E-state index contributed by atoms with van der Waals surface area (Å²) in [6.07, 6.45) is 3.77. The van der Waals surface area contributed by atoms with Crippen molar-refractivity contribution in [1.82, 2.24) is 0 Å². The lowest BCUT2D eigenvalue weighted by Crippen LogP contribution is -2.29. The van der Waals surface area contributed by atoms with E-state index < -0.39 is 5.54 Å². The molecular weight excluding hydrogens is 282 g/mol. The maximum Gasteiger partial charge on any atom is 0.340 e. The monoisotopic (exact) mass is 293 g/mol. The van der Waals surface area contributed by atoms with E-state index in [9.17, 15) is 4.79 Å². The second-order valence-electron chi connectivity index (χ2n) is 4.55. The number of esters is 1. The van der Waals surface area contributed by atoms with Crippen LogP contribution in [-0.2, 0) is 9.53 Å². The molecule has 1 aromatic rings. The van der Waals surface area contributed by atoms with Crippen LogP contribution in [0.2, 0.25) is 0 Å². The summed E-state index contributed by atoms with van der Waals surface area (Å²) in [5.41, 5.74) is 0.299. The molecule has 0 bridgehead atoms. The molecule has 1 aliphatic carbocycles. The van der Waals surface area contributed by atoms with Gasteiger partial charge in [-0.05, 0) is 37.1 Å². The van der Waals surface area contributed by atoms with Crippen molar-refractivity contribution in [3.8, 4) is 0 Å². The lowest BCUT2D eigenvalue weighted by atomic mass is 10.00. The highest BCUT2D eigenvalue weighted by atomic mass is 79.9. The number of ether oxygens (including phenoxy) is 1. The van der Waals surface area contributed by atoms with Crippen LogP contribution in [-0.4, -0.2) is 17.4 Å². The van der Waals surface area contributed by atoms with E-state index in [1.54, 1.807) is 0 Å². The van der Waals surface area contributed by atoms with Crippen LogP contribution < -0.4 is 0 Å². The standard InChI is InChI=1S/C13H12BrNO2/c14-10-5-3-9(4-6-10)11-15-13(12(16)17-11)7-1-2-8-13/h3-6H,1-2,7-8H2. The third kappa shape index (κ3) is 1.80. The minimum Gasteiger partial charge on any atom is -0.405 e. The Morgan fingerprint density at radius 1 is 1.18 bits per heavy atom. The van der Waals surface area contributed by atoms with Gasteiger partial charge in [-0.2, -0.15) is 0 Å². The average Bonchev–Trinajstić information content (AvgIpc) is 2.90. The Bertz CT molecular complexity index is 487. The third-order valence-electron chi connectivity index (χ3n) is 3.41. The number of benzene rings is 1. The fourth-order valence-electron chi connectivity index (χ4n) is 2.44. The summed E-state index contributed by atoms with van der Waals surface area (Å²) < 4.78 is 6.32. The van der Waals surface area contributed by atoms with Gasteiger partial charge in [-0.25, -0.2) is 9.79 Å². The minimum absolute atomic E-state index is 0.173. The van der Waals surface area contributed by atoms with Gasteiger partial charge in [0.15, 0.2) is 5.54 Å². The van der Waals surface area contributed by atoms with Crippen molar-refractivity contribution in [1.29, 1.82) is 0 Å². The molecule has 1 saturated carbocycles. The molecule has 0 saturated heterocycles. The van der Waals surface area contributed by atoms with Gasteiger partial charge in [0.1, 0.15) is 0 Å². The number of aliphatic imine (C=N–C) groups is 1. The van der Waals surface area contributed by atoms with Crippen LogP contribution in [0.1, 0.15) is 31.2 Å². The quantitative estimate of drug-likeness (QED) is 0.747. The summed E-state index contributed by atoms with van der Waals surface area (Å²) in [6, 6.07) is 7.66. The van der Waals surface area contributed by atoms with Crippen LogP contribution in [0.4, 0.5) is 0 Å². The number of nitrogens with zero attached hydrogens (tertiary/aromatic N) is 1. The third-order valence-corrected chi connectivity index (χ3v) is 3.94. The summed E-state index contributed by atoms with van der Waals surface area (Å²) >= 11 is 3.38. The zero-order chi connectivity index (χ0) is 11.9. The first-order chi connectivity index (χ1) is 8.20. The molecule has 3 rings (SSSR count). The fraction of sp³-hybridized carbons (Fsp3) is 0.385. The molecule has 1 fully saturated rings. The molecule has 0 unspecified atom stereocenters. The van der Waals surface area contributed by atoms with Crippen molar-refractivity contribution in [2.75, 3.05) is 0 Å². The molecule has 4 heteroatoms. The Labute approximate surface area is 108 Å². The van der Waals surface area contributed by atoms with Gasteiger partial charge < -0.3 is 4.74 Å². The summed E-state index contributed by atoms with van der Waals surface area (Å²) in [5, 5.41) is 0. The number of carbonyl (C=O) groups excluding carboxylic acids is 1. The molecule has 1 aromatic carbocycles. The first kappa shape index (κ1) is 11.0. The molecule has 1 spiro atoms. The Hall–Kier alpha value is -1.16. The Morgan fingerprint density at radius 3 is 2.47 bits per heavy atom. The first-order valence-corrected chi connectivity index (χ1v) is 6.57. The zero-order valence-electron chi connectivity index (χ0n) is 9.28. The predicted octanol–water partition coefficient (Wildman–Crippen LogP) is 3.07. The smallest absolute Gasteiger partial charge is 0.340 e. The number of halogens is 1. The zero-order valence-corrected chi connectivity index (χ0v) is 10.9. The number of rotatable bonds is 1. The maximum absolute atomic E-state index is 11.9. The molecule has 3 nitrogen and oxygen atoms in total. The van der Waals surface area contributed by atoms with Gasteiger partial charge in [-0.1, -0.05) is 28.8 Å². The summed E-state index contributed by atoms with van der Waals surface area (Å²) in [4.78, 5) is 16.4. The van der Waals surface area contributed by atoms with Gasteiger partial charge in [0.2, 0.25) is 5.90 Å². The van der Waals surface area contributed by atoms with Crippen LogP contribution in [0.15, 0.2) is 33.7 Å². The highest BCUT2D eigenvalue weighted by Crippen LogP contribution is 2.38. The number of cyclic esters (lactones) is 1. The second-order valence-corrected chi connectivity index (χ2v) is 5.47. The molecular formula is C13H12BrNO2. The topological polar surface area (TPSA) is 38.7 Å². The van der Waals surface area contributed by atoms with Gasteiger partial charge in [-0.15, -0.1) is 0 Å². The van der Waals surface area contributed by atoms with E-state index >= 15 is 0 Å². The Morgan fingerprint density at radius 2 is 1.82 bits per heavy atom. The van der Waals surface area contributed by atoms with E-state index in [1.807, 2.05) is 24.3 Å². The van der Waals surface area contributed by atoms with Crippen molar-refractivity contribution >= 4 is 27.8 Å². The van der Waals surface area contributed by atoms with E-state index in [0.29, 0.717) is 5.90 Å². The van der Waals surface area contributed by atoms with E-state index in [-0.39, 0.29) is 5.97 Å². The summed E-state index contributed by atoms with van der Waals surface area (Å²) in [6.45, 7) is 0. The molecule has 1 aliphatic heterocycles. The van der Waals surface area contributed by atoms with Gasteiger partial charge in [-0.3, -0.25) is 0 Å². The number of carbonyl (C=O) groups is 1. The van der Waals surface area contributed by atoms with E-state index in [4.69, 9.17) is 4.74 Å². The van der Waals surface area contributed by atoms with E-state index in [1.165, 1.54) is 0 Å². The second kappa shape index (κ2) is 3.95. The van der Waals surface area contributed by atoms with Crippen molar-refractivity contribution in [3.63, 3.8) is 0 Å². The summed E-state index contributed by atoms with van der Waals surface area (Å²) in [7, 11) is 0. The first-order valence-electron chi connectivity index (χ1n) is 5.78. The van der Waals surface area contributed by atoms with Gasteiger partial charge >= 0.3 is 5.97 Å². The molecule has 0 amide bonds. The predicted molar refractivity (Wildman–Crippen MR) is 68.0 cm³/mol. The average molecular weight is 294 g/mol. The van der Waals surface area contributed by atoms with Gasteiger partial charge in [0.25, 0.3) is 0 Å². The van der Waals surface area contributed by atoms with E-state index in [0.717, 1.165) is 35.7 Å². The van der Waals surface area contributed by atoms with Crippen LogP contribution in [0, 0.1) is 0 Å². The Balaban J connectivity index is 1.95. The SMILES string of the molecule is O=C1OC(c2ccc(Br)cc2)=NC12CCCC2. The molecule has 2 aliphatic rings. The van der Waals surface area contributed by atoms with Gasteiger partial charge in [0.05, 0.1) is 0 Å². The minimum atomic E-state index is -0.567. The van der Waals surface area contributed by atoms with Crippen molar-refractivity contribution in [2.24, 2.45) is 4.99 Å². The normalized spacial score (nSPS) is 21.7. The lowest BCUT2D eigenvalue weighted by Gasteiger charge is -2.12. The van der Waals surface area contributed by atoms with Crippen LogP contribution in [0.25, 0.3) is 0 Å². The molecule has 0 atom stereocenters. The molecule has 0 N–H and O–H groups in total. The molecule has 1 heterocycles. The van der Waals surface area contributed by atoms with Crippen molar-refractivity contribution < 1.29 is 9.53 Å². The van der Waals surface area contributed by atoms with Crippen LogP contribution in [0.5, 0.6) is 0 Å². The molecule has 88 valence electrons. The highest BCUT2D eigenvalue weighted by molar-refractivity contribution is 9.10. The lowest BCUT2D eigenvalue weighted by molar-refractivity contribution is -0.138.